The molecule has 0 fully saturated rings. The molecule has 2 aromatic rings. The van der Waals surface area contributed by atoms with Crippen LogP contribution in [-0.2, 0) is 11.3 Å². The molecule has 9 nitrogen and oxygen atoms in total. The molecule has 1 aromatic carbocycles. The number of nitrogens with zero attached hydrogens (tertiary/aromatic N) is 3. The fourth-order valence-electron chi connectivity index (χ4n) is 2.50. The van der Waals surface area contributed by atoms with Crippen LogP contribution >= 0.6 is 0 Å². The van der Waals surface area contributed by atoms with E-state index in [1.165, 1.54) is 24.3 Å². The second-order valence-electron chi connectivity index (χ2n) is 7.29. The Hall–Kier alpha value is -2.91. The van der Waals surface area contributed by atoms with Gasteiger partial charge in [0, 0.05) is 17.2 Å². The van der Waals surface area contributed by atoms with Gasteiger partial charge < -0.3 is 24.4 Å². The Morgan fingerprint density at radius 1 is 1.21 bits per heavy atom. The lowest BCUT2D eigenvalue weighted by Gasteiger charge is -2.27. The maximum Gasteiger partial charge on any atom is 0.416 e. The third-order valence-corrected chi connectivity index (χ3v) is 3.93. The SMILES string of the molecule is COc1ccc(CN(C(=O)OC(C)(C)C)c2cc(C(O)CO)cnn2)c(OC)c1. The molecule has 29 heavy (non-hydrogen) atoms. The van der Waals surface area contributed by atoms with Crippen molar-refractivity contribution in [3.8, 4) is 11.5 Å². The van der Waals surface area contributed by atoms with Crippen molar-refractivity contribution in [2.24, 2.45) is 0 Å². The van der Waals surface area contributed by atoms with Crippen molar-refractivity contribution in [2.45, 2.75) is 39.0 Å². The number of methoxy groups -OCH3 is 2. The molecule has 2 N–H and O–H groups in total. The maximum absolute atomic E-state index is 12.9. The maximum atomic E-state index is 12.9. The fraction of sp³-hybridized carbons (Fsp3) is 0.450. The number of hydrogen-bond donors (Lipinski definition) is 2. The zero-order valence-corrected chi connectivity index (χ0v) is 17.2. The van der Waals surface area contributed by atoms with E-state index in [-0.39, 0.29) is 12.4 Å². The van der Waals surface area contributed by atoms with Crippen LogP contribution in [0.25, 0.3) is 0 Å². The van der Waals surface area contributed by atoms with E-state index in [0.29, 0.717) is 22.6 Å². The predicted octanol–water partition coefficient (Wildman–Crippen LogP) is 2.46. The zero-order valence-electron chi connectivity index (χ0n) is 17.2. The van der Waals surface area contributed by atoms with Crippen LogP contribution in [-0.4, -0.2) is 52.9 Å². The van der Waals surface area contributed by atoms with Crippen molar-refractivity contribution in [1.29, 1.82) is 0 Å². The first kappa shape index (κ1) is 22.4. The average molecular weight is 405 g/mol. The number of anilines is 1. The van der Waals surface area contributed by atoms with E-state index in [1.807, 2.05) is 0 Å². The molecule has 2 rings (SSSR count). The first-order valence-corrected chi connectivity index (χ1v) is 9.01. The Labute approximate surface area is 169 Å². The number of ether oxygens (including phenoxy) is 3. The number of carbonyl (C=O) groups is 1. The van der Waals surface area contributed by atoms with Crippen molar-refractivity contribution >= 4 is 11.9 Å². The summed E-state index contributed by atoms with van der Waals surface area (Å²) in [5.74, 6) is 1.31. The molecule has 0 bridgehead atoms. The number of hydrogen-bond acceptors (Lipinski definition) is 8. The van der Waals surface area contributed by atoms with E-state index in [1.54, 1.807) is 46.1 Å². The lowest BCUT2D eigenvalue weighted by molar-refractivity contribution is 0.0575. The van der Waals surface area contributed by atoms with Crippen LogP contribution in [0.2, 0.25) is 0 Å². The molecule has 0 saturated heterocycles. The Kier molecular flexibility index (Phi) is 7.35. The van der Waals surface area contributed by atoms with E-state index in [2.05, 4.69) is 10.2 Å². The summed E-state index contributed by atoms with van der Waals surface area (Å²) in [5.41, 5.74) is 0.288. The summed E-state index contributed by atoms with van der Waals surface area (Å²) in [6.07, 6.45) is -0.452. The molecule has 1 amide bonds. The van der Waals surface area contributed by atoms with Crippen molar-refractivity contribution in [1.82, 2.24) is 10.2 Å². The van der Waals surface area contributed by atoms with Crippen LogP contribution in [0.3, 0.4) is 0 Å². The first-order valence-electron chi connectivity index (χ1n) is 9.01. The number of aliphatic hydroxyl groups excluding tert-OH is 2. The first-order chi connectivity index (χ1) is 13.7. The lowest BCUT2D eigenvalue weighted by Crippen LogP contribution is -2.37. The van der Waals surface area contributed by atoms with Gasteiger partial charge in [-0.2, -0.15) is 5.10 Å². The van der Waals surface area contributed by atoms with Gasteiger partial charge in [0.2, 0.25) is 0 Å². The third-order valence-electron chi connectivity index (χ3n) is 3.93. The highest BCUT2D eigenvalue weighted by atomic mass is 16.6. The number of benzene rings is 1. The van der Waals surface area contributed by atoms with Crippen LogP contribution in [0.4, 0.5) is 10.6 Å². The molecular formula is C20H27N3O6. The monoisotopic (exact) mass is 405 g/mol. The van der Waals surface area contributed by atoms with Crippen molar-refractivity contribution < 1.29 is 29.2 Å². The summed E-state index contributed by atoms with van der Waals surface area (Å²) in [5, 5.41) is 27.0. The molecule has 158 valence electrons. The summed E-state index contributed by atoms with van der Waals surface area (Å²) in [6, 6.07) is 6.71. The molecule has 1 atom stereocenters. The Bertz CT molecular complexity index is 837. The summed E-state index contributed by atoms with van der Waals surface area (Å²) < 4.78 is 16.1. The van der Waals surface area contributed by atoms with Gasteiger partial charge in [0.15, 0.2) is 5.82 Å². The van der Waals surface area contributed by atoms with Gasteiger partial charge in [0.25, 0.3) is 0 Å². The van der Waals surface area contributed by atoms with Crippen LogP contribution < -0.4 is 14.4 Å². The summed E-state index contributed by atoms with van der Waals surface area (Å²) in [7, 11) is 3.07. The van der Waals surface area contributed by atoms with E-state index >= 15 is 0 Å². The lowest BCUT2D eigenvalue weighted by atomic mass is 10.1. The molecule has 0 aliphatic carbocycles. The predicted molar refractivity (Wildman–Crippen MR) is 106 cm³/mol. The van der Waals surface area contributed by atoms with Crippen molar-refractivity contribution in [2.75, 3.05) is 25.7 Å². The van der Waals surface area contributed by atoms with Crippen LogP contribution in [0.1, 0.15) is 38.0 Å². The Morgan fingerprint density at radius 3 is 2.52 bits per heavy atom. The molecular weight excluding hydrogens is 378 g/mol. The number of rotatable bonds is 7. The van der Waals surface area contributed by atoms with E-state index < -0.39 is 24.4 Å². The van der Waals surface area contributed by atoms with Gasteiger partial charge in [-0.1, -0.05) is 0 Å². The van der Waals surface area contributed by atoms with Gasteiger partial charge in [-0.3, -0.25) is 4.90 Å². The second-order valence-corrected chi connectivity index (χ2v) is 7.29. The highest BCUT2D eigenvalue weighted by Crippen LogP contribution is 2.28. The fourth-order valence-corrected chi connectivity index (χ4v) is 2.50. The van der Waals surface area contributed by atoms with Gasteiger partial charge in [-0.15, -0.1) is 5.10 Å². The van der Waals surface area contributed by atoms with Gasteiger partial charge in [-0.05, 0) is 39.0 Å². The van der Waals surface area contributed by atoms with Crippen molar-refractivity contribution in [3.05, 3.63) is 41.6 Å². The molecule has 1 heterocycles. The molecule has 0 aliphatic rings. The summed E-state index contributed by atoms with van der Waals surface area (Å²) in [4.78, 5) is 14.2. The molecule has 9 heteroatoms. The van der Waals surface area contributed by atoms with E-state index in [0.717, 1.165) is 0 Å². The van der Waals surface area contributed by atoms with Gasteiger partial charge >= 0.3 is 6.09 Å². The average Bonchev–Trinajstić information content (AvgIpc) is 2.70. The summed E-state index contributed by atoms with van der Waals surface area (Å²) in [6.45, 7) is 4.87. The van der Waals surface area contributed by atoms with Crippen molar-refractivity contribution in [3.63, 3.8) is 0 Å². The van der Waals surface area contributed by atoms with E-state index in [9.17, 15) is 15.0 Å². The minimum atomic E-state index is -1.14. The number of aromatic nitrogens is 2. The smallest absolute Gasteiger partial charge is 0.416 e. The molecule has 0 spiro atoms. The molecule has 0 aliphatic heterocycles. The standard InChI is InChI=1S/C20H27N3O6/c1-20(2,3)29-19(26)23(18-8-14(10-21-22-18)16(25)12-24)11-13-6-7-15(27-4)9-17(13)28-5/h6-10,16,24-25H,11-12H2,1-5H3. The van der Waals surface area contributed by atoms with Gasteiger partial charge in [0.1, 0.15) is 23.2 Å². The number of aliphatic hydroxyl groups is 2. The van der Waals surface area contributed by atoms with Gasteiger partial charge in [-0.25, -0.2) is 4.79 Å². The van der Waals surface area contributed by atoms with E-state index in [4.69, 9.17) is 14.2 Å². The van der Waals surface area contributed by atoms with Gasteiger partial charge in [0.05, 0.1) is 33.6 Å². The molecule has 0 radical (unpaired) electrons. The third kappa shape index (κ3) is 6.03. The topological polar surface area (TPSA) is 114 Å². The van der Waals surface area contributed by atoms with Crippen LogP contribution in [0.15, 0.2) is 30.5 Å². The number of amides is 1. The normalized spacial score (nSPS) is 12.2. The minimum Gasteiger partial charge on any atom is -0.497 e. The Morgan fingerprint density at radius 2 is 1.93 bits per heavy atom. The van der Waals surface area contributed by atoms with Crippen LogP contribution in [0.5, 0.6) is 11.5 Å². The van der Waals surface area contributed by atoms with Crippen LogP contribution in [0, 0.1) is 0 Å². The summed E-state index contributed by atoms with van der Waals surface area (Å²) >= 11 is 0. The molecule has 1 aromatic heterocycles. The zero-order chi connectivity index (χ0) is 21.6. The largest absolute Gasteiger partial charge is 0.497 e. The highest BCUT2D eigenvalue weighted by molar-refractivity contribution is 5.86. The highest BCUT2D eigenvalue weighted by Gasteiger charge is 2.26. The molecule has 1 unspecified atom stereocenters. The molecule has 0 saturated carbocycles. The second kappa shape index (κ2) is 9.53. The quantitative estimate of drug-likeness (QED) is 0.722. The number of carbonyl (C=O) groups excluding carboxylic acids is 1. The Balaban J connectivity index is 2.45. The minimum absolute atomic E-state index is 0.0788.